The molecule has 6 heteroatoms. The first kappa shape index (κ1) is 18.6. The van der Waals surface area contributed by atoms with E-state index >= 15 is 0 Å². The lowest BCUT2D eigenvalue weighted by atomic mass is 9.83. The largest absolute Gasteiger partial charge is 0.341 e. The highest BCUT2D eigenvalue weighted by molar-refractivity contribution is 7.22. The molecule has 2 aliphatic heterocycles. The Hall–Kier alpha value is -2.44. The van der Waals surface area contributed by atoms with Crippen LogP contribution < -0.4 is 5.56 Å². The zero-order chi connectivity index (χ0) is 20.1. The molecule has 3 aromatic rings. The maximum absolute atomic E-state index is 13.4. The van der Waals surface area contributed by atoms with Crippen molar-refractivity contribution in [3.8, 4) is 10.4 Å². The summed E-state index contributed by atoms with van der Waals surface area (Å²) in [7, 11) is 3.85. The number of hydrogen-bond donors (Lipinski definition) is 0. The number of likely N-dealkylation sites (tertiary alicyclic amines) is 1. The van der Waals surface area contributed by atoms with E-state index in [1.54, 1.807) is 11.3 Å². The first-order chi connectivity index (χ1) is 14.0. The lowest BCUT2D eigenvalue weighted by Gasteiger charge is -2.43. The maximum Gasteiger partial charge on any atom is 0.259 e. The van der Waals surface area contributed by atoms with E-state index in [0.29, 0.717) is 25.6 Å². The molecule has 4 heterocycles. The number of carbonyl (C=O) groups excluding carboxylic acids is 1. The SMILES string of the molecule is CN(C)CC(=O)N1C[C@H]2C[C@H](C1)c1ccc(-c3cc4ccccc4s3)c(=O)n1C2. The van der Waals surface area contributed by atoms with E-state index in [4.69, 9.17) is 0 Å². The normalized spacial score (nSPS) is 20.9. The number of fused-ring (bicyclic) bond motifs is 5. The Morgan fingerprint density at radius 2 is 1.97 bits per heavy atom. The number of amides is 1. The first-order valence-electron chi connectivity index (χ1n) is 10.1. The lowest BCUT2D eigenvalue weighted by molar-refractivity contribution is -0.134. The van der Waals surface area contributed by atoms with Crippen molar-refractivity contribution < 1.29 is 4.79 Å². The van der Waals surface area contributed by atoms with E-state index in [1.807, 2.05) is 46.7 Å². The van der Waals surface area contributed by atoms with Gasteiger partial charge < -0.3 is 14.4 Å². The fraction of sp³-hybridized carbons (Fsp3) is 0.391. The molecule has 5 rings (SSSR count). The number of benzene rings is 1. The van der Waals surface area contributed by atoms with Gasteiger partial charge in [-0.05, 0) is 56.1 Å². The van der Waals surface area contributed by atoms with Gasteiger partial charge in [0.1, 0.15) is 0 Å². The highest BCUT2D eigenvalue weighted by Crippen LogP contribution is 2.37. The van der Waals surface area contributed by atoms with Gasteiger partial charge in [0.2, 0.25) is 5.91 Å². The molecular formula is C23H25N3O2S. The van der Waals surface area contributed by atoms with Crippen molar-refractivity contribution in [3.63, 3.8) is 0 Å². The summed E-state index contributed by atoms with van der Waals surface area (Å²) >= 11 is 1.68. The van der Waals surface area contributed by atoms with Crippen LogP contribution in [0, 0.1) is 5.92 Å². The number of aromatic nitrogens is 1. The van der Waals surface area contributed by atoms with Crippen LogP contribution in [-0.2, 0) is 11.3 Å². The van der Waals surface area contributed by atoms with Crippen LogP contribution in [0.3, 0.4) is 0 Å². The number of nitrogens with zero attached hydrogens (tertiary/aromatic N) is 3. The van der Waals surface area contributed by atoms with Gasteiger partial charge in [0.15, 0.2) is 0 Å². The van der Waals surface area contributed by atoms with Gasteiger partial charge in [0.05, 0.1) is 12.1 Å². The summed E-state index contributed by atoms with van der Waals surface area (Å²) in [6, 6.07) is 14.5. The van der Waals surface area contributed by atoms with E-state index in [1.165, 1.54) is 10.1 Å². The quantitative estimate of drug-likeness (QED) is 0.670. The Bertz CT molecular complexity index is 1110. The average molecular weight is 408 g/mol. The first-order valence-corrected chi connectivity index (χ1v) is 11.0. The molecule has 0 spiro atoms. The van der Waals surface area contributed by atoms with Crippen molar-refractivity contribution in [1.29, 1.82) is 0 Å². The predicted octanol–water partition coefficient (Wildman–Crippen LogP) is 3.24. The second-order valence-corrected chi connectivity index (χ2v) is 9.66. The van der Waals surface area contributed by atoms with Crippen molar-refractivity contribution in [2.24, 2.45) is 5.92 Å². The molecule has 29 heavy (non-hydrogen) atoms. The number of thiophene rings is 1. The fourth-order valence-corrected chi connectivity index (χ4v) is 5.90. The standard InChI is InChI=1S/C23H25N3O2S/c1-24(2)14-22(27)25-11-15-9-17(13-25)19-8-7-18(23(28)26(19)12-15)21-10-16-5-3-4-6-20(16)29-21/h3-8,10,15,17H,9,11-14H2,1-2H3/t15-,17-/m1/s1. The Labute approximate surface area is 174 Å². The minimum atomic E-state index is 0.108. The van der Waals surface area contributed by atoms with Gasteiger partial charge in [-0.15, -0.1) is 11.3 Å². The monoisotopic (exact) mass is 407 g/mol. The topological polar surface area (TPSA) is 45.6 Å². The Balaban J connectivity index is 1.48. The molecule has 0 N–H and O–H groups in total. The molecule has 1 aromatic carbocycles. The molecule has 0 aliphatic carbocycles. The molecule has 2 aromatic heterocycles. The number of likely N-dealkylation sites (N-methyl/N-ethyl adjacent to an activating group) is 1. The van der Waals surface area contributed by atoms with E-state index < -0.39 is 0 Å². The molecule has 1 fully saturated rings. The van der Waals surface area contributed by atoms with Crippen LogP contribution >= 0.6 is 11.3 Å². The fourth-order valence-electron chi connectivity index (χ4n) is 4.82. The number of carbonyl (C=O) groups is 1. The maximum atomic E-state index is 13.4. The molecule has 0 unspecified atom stereocenters. The van der Waals surface area contributed by atoms with Crippen molar-refractivity contribution >= 4 is 27.3 Å². The second-order valence-electron chi connectivity index (χ2n) is 8.57. The summed E-state index contributed by atoms with van der Waals surface area (Å²) in [5, 5.41) is 1.18. The zero-order valence-electron chi connectivity index (χ0n) is 16.8. The van der Waals surface area contributed by atoms with Crippen molar-refractivity contribution in [2.45, 2.75) is 18.9 Å². The molecule has 1 saturated heterocycles. The van der Waals surface area contributed by atoms with Crippen LogP contribution in [0.2, 0.25) is 0 Å². The van der Waals surface area contributed by atoms with Crippen LogP contribution in [-0.4, -0.2) is 54.0 Å². The third kappa shape index (κ3) is 3.30. The highest BCUT2D eigenvalue weighted by atomic mass is 32.1. The summed E-state index contributed by atoms with van der Waals surface area (Å²) in [4.78, 5) is 30.9. The molecule has 2 bridgehead atoms. The molecular weight excluding hydrogens is 382 g/mol. The number of rotatable bonds is 3. The molecule has 2 atom stereocenters. The van der Waals surface area contributed by atoms with Gasteiger partial charge in [-0.3, -0.25) is 9.59 Å². The molecule has 0 saturated carbocycles. The van der Waals surface area contributed by atoms with Crippen molar-refractivity contribution in [1.82, 2.24) is 14.4 Å². The van der Waals surface area contributed by atoms with Crippen LogP contribution in [0.4, 0.5) is 0 Å². The molecule has 0 radical (unpaired) electrons. The number of hydrogen-bond acceptors (Lipinski definition) is 4. The van der Waals surface area contributed by atoms with Crippen LogP contribution in [0.5, 0.6) is 0 Å². The number of pyridine rings is 1. The van der Waals surface area contributed by atoms with Crippen LogP contribution in [0.25, 0.3) is 20.5 Å². The van der Waals surface area contributed by atoms with Gasteiger partial charge in [-0.2, -0.15) is 0 Å². The van der Waals surface area contributed by atoms with Crippen molar-refractivity contribution in [2.75, 3.05) is 33.7 Å². The Morgan fingerprint density at radius 3 is 2.76 bits per heavy atom. The van der Waals surface area contributed by atoms with Gasteiger partial charge in [0.25, 0.3) is 5.56 Å². The highest BCUT2D eigenvalue weighted by Gasteiger charge is 2.36. The predicted molar refractivity (Wildman–Crippen MR) is 118 cm³/mol. The van der Waals surface area contributed by atoms with E-state index in [-0.39, 0.29) is 17.4 Å². The van der Waals surface area contributed by atoms with Gasteiger partial charge >= 0.3 is 0 Å². The summed E-state index contributed by atoms with van der Waals surface area (Å²) in [5.41, 5.74) is 1.98. The van der Waals surface area contributed by atoms with E-state index in [9.17, 15) is 9.59 Å². The summed E-state index contributed by atoms with van der Waals surface area (Å²) in [5.74, 6) is 0.780. The van der Waals surface area contributed by atoms with E-state index in [2.05, 4.69) is 24.3 Å². The molecule has 2 aliphatic rings. The van der Waals surface area contributed by atoms with Crippen molar-refractivity contribution in [3.05, 3.63) is 58.5 Å². The summed E-state index contributed by atoms with van der Waals surface area (Å²) in [6.45, 7) is 2.61. The summed E-state index contributed by atoms with van der Waals surface area (Å²) < 4.78 is 3.18. The van der Waals surface area contributed by atoms with E-state index in [0.717, 1.165) is 29.1 Å². The lowest BCUT2D eigenvalue weighted by Crippen LogP contribution is -2.51. The smallest absolute Gasteiger partial charge is 0.259 e. The third-order valence-electron chi connectivity index (χ3n) is 6.10. The third-order valence-corrected chi connectivity index (χ3v) is 7.25. The minimum Gasteiger partial charge on any atom is -0.341 e. The summed E-state index contributed by atoms with van der Waals surface area (Å²) in [6.07, 6.45) is 1.06. The molecule has 150 valence electrons. The Kier molecular flexibility index (Phi) is 4.56. The van der Waals surface area contributed by atoms with Gasteiger partial charge in [0, 0.05) is 40.8 Å². The second kappa shape index (κ2) is 7.11. The van der Waals surface area contributed by atoms with Crippen LogP contribution in [0.15, 0.2) is 47.3 Å². The molecule has 5 nitrogen and oxygen atoms in total. The zero-order valence-corrected chi connectivity index (χ0v) is 17.6. The Morgan fingerprint density at radius 1 is 1.14 bits per heavy atom. The molecule has 1 amide bonds. The van der Waals surface area contributed by atoms with Gasteiger partial charge in [-0.1, -0.05) is 18.2 Å². The minimum absolute atomic E-state index is 0.108. The number of piperidine rings is 1. The van der Waals surface area contributed by atoms with Gasteiger partial charge in [-0.25, -0.2) is 0 Å². The average Bonchev–Trinajstić information content (AvgIpc) is 3.12. The van der Waals surface area contributed by atoms with Crippen LogP contribution in [0.1, 0.15) is 18.0 Å².